The molecule has 2 atom stereocenters. The first-order chi connectivity index (χ1) is 12.1. The van der Waals surface area contributed by atoms with E-state index in [4.69, 9.17) is 4.74 Å². The van der Waals surface area contributed by atoms with Gasteiger partial charge in [-0.2, -0.15) is 0 Å². The first-order valence-corrected chi connectivity index (χ1v) is 9.38. The topological polar surface area (TPSA) is 75.0 Å². The van der Waals surface area contributed by atoms with Gasteiger partial charge in [-0.3, -0.25) is 4.79 Å². The standard InChI is InChI=1S/C18H21N3O3S/c1-3-24-12-6-4-5-11(15(12)22)16-19-17(23)14-10-7-8-21(2)9-13(10)25-18(14)20-16/h4-6,16,20,22H,3,7-9H2,1-2H3,(H,19,23)/p+1/t16-/m1/s1. The first kappa shape index (κ1) is 16.2. The van der Waals surface area contributed by atoms with Crippen molar-refractivity contribution in [2.24, 2.45) is 0 Å². The van der Waals surface area contributed by atoms with E-state index < -0.39 is 6.17 Å². The van der Waals surface area contributed by atoms with Crippen LogP contribution in [0.1, 0.15) is 39.5 Å². The lowest BCUT2D eigenvalue weighted by molar-refractivity contribution is -0.895. The van der Waals surface area contributed by atoms with Crippen LogP contribution in [-0.4, -0.2) is 31.2 Å². The Morgan fingerprint density at radius 2 is 2.24 bits per heavy atom. The maximum Gasteiger partial charge on any atom is 0.256 e. The van der Waals surface area contributed by atoms with Crippen LogP contribution in [0, 0.1) is 0 Å². The molecule has 6 nitrogen and oxygen atoms in total. The molecule has 4 rings (SSSR count). The number of anilines is 1. The fourth-order valence-corrected chi connectivity index (χ4v) is 4.92. The maximum absolute atomic E-state index is 12.7. The Morgan fingerprint density at radius 1 is 1.40 bits per heavy atom. The number of amides is 1. The summed E-state index contributed by atoms with van der Waals surface area (Å²) in [6.07, 6.45) is 0.461. The highest BCUT2D eigenvalue weighted by molar-refractivity contribution is 7.16. The van der Waals surface area contributed by atoms with Crippen LogP contribution in [0.4, 0.5) is 5.00 Å². The maximum atomic E-state index is 12.7. The van der Waals surface area contributed by atoms with E-state index in [-0.39, 0.29) is 11.7 Å². The SMILES string of the molecule is CCOc1cccc([C@@H]2NC(=O)c3c(sc4c3CC[NH+](C)C4)N2)c1O. The lowest BCUT2D eigenvalue weighted by atomic mass is 10.0. The molecule has 2 aliphatic rings. The second-order valence-corrected chi connectivity index (χ2v) is 7.62. The number of quaternary nitrogens is 1. The van der Waals surface area contributed by atoms with Gasteiger partial charge in [0.2, 0.25) is 0 Å². The number of fused-ring (bicyclic) bond motifs is 3. The van der Waals surface area contributed by atoms with Gasteiger partial charge in [-0.15, -0.1) is 11.3 Å². The molecule has 1 aromatic heterocycles. The Bertz CT molecular complexity index is 833. The molecule has 4 N–H and O–H groups in total. The number of benzene rings is 1. The van der Waals surface area contributed by atoms with Crippen molar-refractivity contribution in [3.63, 3.8) is 0 Å². The van der Waals surface area contributed by atoms with E-state index in [2.05, 4.69) is 17.7 Å². The highest BCUT2D eigenvalue weighted by atomic mass is 32.1. The molecule has 132 valence electrons. The second kappa shape index (κ2) is 6.24. The van der Waals surface area contributed by atoms with Crippen molar-refractivity contribution in [3.05, 3.63) is 39.8 Å². The molecule has 2 aromatic rings. The number of phenolic OH excluding ortho intramolecular Hbond substituents is 1. The van der Waals surface area contributed by atoms with Gasteiger partial charge in [-0.05, 0) is 18.6 Å². The van der Waals surface area contributed by atoms with Crippen LogP contribution >= 0.6 is 11.3 Å². The third kappa shape index (κ3) is 2.73. The number of aromatic hydroxyl groups is 1. The summed E-state index contributed by atoms with van der Waals surface area (Å²) in [6.45, 7) is 4.34. The highest BCUT2D eigenvalue weighted by Gasteiger charge is 2.34. The van der Waals surface area contributed by atoms with E-state index in [0.717, 1.165) is 30.1 Å². The quantitative estimate of drug-likeness (QED) is 0.665. The largest absolute Gasteiger partial charge is 0.504 e. The number of phenols is 1. The van der Waals surface area contributed by atoms with Crippen LogP contribution in [0.3, 0.4) is 0 Å². The number of thiophene rings is 1. The van der Waals surface area contributed by atoms with Crippen LogP contribution < -0.4 is 20.3 Å². The summed E-state index contributed by atoms with van der Waals surface area (Å²) in [5.74, 6) is 0.422. The molecule has 25 heavy (non-hydrogen) atoms. The smallest absolute Gasteiger partial charge is 0.256 e. The van der Waals surface area contributed by atoms with Gasteiger partial charge in [0.05, 0.1) is 30.6 Å². The number of likely N-dealkylation sites (N-methyl/N-ethyl adjacent to an activating group) is 1. The van der Waals surface area contributed by atoms with Gasteiger partial charge >= 0.3 is 0 Å². The average molecular weight is 360 g/mol. The van der Waals surface area contributed by atoms with E-state index in [0.29, 0.717) is 17.9 Å². The number of carbonyl (C=O) groups excluding carboxylic acids is 1. The van der Waals surface area contributed by atoms with Gasteiger partial charge in [0, 0.05) is 12.0 Å². The van der Waals surface area contributed by atoms with Gasteiger partial charge in [0.25, 0.3) is 5.91 Å². The van der Waals surface area contributed by atoms with Crippen molar-refractivity contribution >= 4 is 22.2 Å². The Kier molecular flexibility index (Phi) is 4.05. The van der Waals surface area contributed by atoms with E-state index in [9.17, 15) is 9.90 Å². The minimum Gasteiger partial charge on any atom is -0.504 e. The van der Waals surface area contributed by atoms with Crippen molar-refractivity contribution < 1.29 is 19.5 Å². The Balaban J connectivity index is 1.69. The molecule has 1 aromatic carbocycles. The molecule has 0 fully saturated rings. The predicted octanol–water partition coefficient (Wildman–Crippen LogP) is 1.28. The van der Waals surface area contributed by atoms with Crippen LogP contribution in [0.25, 0.3) is 0 Å². The third-order valence-electron chi connectivity index (χ3n) is 4.77. The number of hydrogen-bond acceptors (Lipinski definition) is 5. The summed E-state index contributed by atoms with van der Waals surface area (Å²) in [5.41, 5.74) is 2.57. The molecule has 0 bridgehead atoms. The molecule has 1 amide bonds. The molecule has 2 aliphatic heterocycles. The van der Waals surface area contributed by atoms with Crippen LogP contribution in [0.5, 0.6) is 11.5 Å². The van der Waals surface area contributed by atoms with Crippen molar-refractivity contribution in [3.8, 4) is 11.5 Å². The van der Waals surface area contributed by atoms with Gasteiger partial charge < -0.3 is 25.4 Å². The highest BCUT2D eigenvalue weighted by Crippen LogP contribution is 2.41. The van der Waals surface area contributed by atoms with Crippen LogP contribution in [0.15, 0.2) is 18.2 Å². The number of ether oxygens (including phenoxy) is 1. The Labute approximate surface area is 150 Å². The Hall–Kier alpha value is -2.25. The van der Waals surface area contributed by atoms with Gasteiger partial charge in [0.15, 0.2) is 11.5 Å². The second-order valence-electron chi connectivity index (χ2n) is 6.52. The molecule has 0 spiro atoms. The zero-order valence-corrected chi connectivity index (χ0v) is 15.1. The Morgan fingerprint density at radius 3 is 3.04 bits per heavy atom. The van der Waals surface area contributed by atoms with Crippen molar-refractivity contribution in [2.75, 3.05) is 25.5 Å². The summed E-state index contributed by atoms with van der Waals surface area (Å²) in [4.78, 5) is 15.5. The summed E-state index contributed by atoms with van der Waals surface area (Å²) < 4.78 is 5.45. The fraction of sp³-hybridized carbons (Fsp3) is 0.389. The molecule has 0 saturated heterocycles. The molecular formula is C18H22N3O3S+. The molecular weight excluding hydrogens is 338 g/mol. The lowest BCUT2D eigenvalue weighted by Gasteiger charge is -2.27. The third-order valence-corrected chi connectivity index (χ3v) is 5.94. The number of hydrogen-bond donors (Lipinski definition) is 4. The van der Waals surface area contributed by atoms with Crippen molar-refractivity contribution in [1.29, 1.82) is 0 Å². The molecule has 0 radical (unpaired) electrons. The molecule has 1 unspecified atom stereocenters. The number of para-hydroxylation sites is 1. The summed E-state index contributed by atoms with van der Waals surface area (Å²) >= 11 is 1.66. The van der Waals surface area contributed by atoms with E-state index >= 15 is 0 Å². The summed E-state index contributed by atoms with van der Waals surface area (Å²) in [5, 5.41) is 17.8. The minimum absolute atomic E-state index is 0.0658. The monoisotopic (exact) mass is 360 g/mol. The predicted molar refractivity (Wildman–Crippen MR) is 96.6 cm³/mol. The lowest BCUT2D eigenvalue weighted by Crippen LogP contribution is -3.08. The average Bonchev–Trinajstić information content (AvgIpc) is 2.94. The first-order valence-electron chi connectivity index (χ1n) is 8.56. The number of carbonyl (C=O) groups is 1. The van der Waals surface area contributed by atoms with Crippen molar-refractivity contribution in [2.45, 2.75) is 26.1 Å². The van der Waals surface area contributed by atoms with E-state index in [1.54, 1.807) is 23.5 Å². The summed E-state index contributed by atoms with van der Waals surface area (Å²) in [7, 11) is 2.18. The minimum atomic E-state index is -0.467. The van der Waals surface area contributed by atoms with Crippen molar-refractivity contribution in [1.82, 2.24) is 5.32 Å². The van der Waals surface area contributed by atoms with Crippen LogP contribution in [0.2, 0.25) is 0 Å². The zero-order valence-electron chi connectivity index (χ0n) is 14.3. The van der Waals surface area contributed by atoms with E-state index in [1.165, 1.54) is 15.3 Å². The van der Waals surface area contributed by atoms with Gasteiger partial charge in [0.1, 0.15) is 17.7 Å². The van der Waals surface area contributed by atoms with Crippen LogP contribution in [-0.2, 0) is 13.0 Å². The molecule has 7 heteroatoms. The molecule has 0 saturated carbocycles. The molecule has 3 heterocycles. The normalized spacial score (nSPS) is 21.8. The van der Waals surface area contributed by atoms with Gasteiger partial charge in [-0.1, -0.05) is 12.1 Å². The summed E-state index contributed by atoms with van der Waals surface area (Å²) in [6, 6.07) is 5.34. The van der Waals surface area contributed by atoms with Gasteiger partial charge in [-0.25, -0.2) is 0 Å². The fourth-order valence-electron chi connectivity index (χ4n) is 3.53. The number of nitrogens with one attached hydrogen (secondary N) is 3. The van der Waals surface area contributed by atoms with E-state index in [1.807, 2.05) is 13.0 Å². The zero-order chi connectivity index (χ0) is 17.6. The molecule has 0 aliphatic carbocycles. The number of rotatable bonds is 3.